The van der Waals surface area contributed by atoms with Gasteiger partial charge in [0, 0.05) is 18.7 Å². The Balaban J connectivity index is 1.83. The van der Waals surface area contributed by atoms with Crippen molar-refractivity contribution in [2.75, 3.05) is 39.3 Å². The lowest BCUT2D eigenvalue weighted by Crippen LogP contribution is -2.38. The van der Waals surface area contributed by atoms with Gasteiger partial charge in [-0.25, -0.2) is 0 Å². The quantitative estimate of drug-likeness (QED) is 0.609. The van der Waals surface area contributed by atoms with E-state index in [0.29, 0.717) is 24.3 Å². The molecule has 0 aliphatic carbocycles. The minimum Gasteiger partial charge on any atom is -0.465 e. The standard InChI is InChI=1S/C17H28N2O3S/c1-3-22-17(21)12-19-8-5-14(6-9-19)10-15-11-18-7-4-16(15)23-13(2)20/h10,14,16,18H,3-9,11-12H2,1-2H3. The van der Waals surface area contributed by atoms with Gasteiger partial charge in [-0.05, 0) is 57.3 Å². The van der Waals surface area contributed by atoms with Gasteiger partial charge < -0.3 is 10.1 Å². The van der Waals surface area contributed by atoms with Crippen LogP contribution in [0.5, 0.6) is 0 Å². The first-order chi connectivity index (χ1) is 11.1. The second-order valence-corrected chi connectivity index (χ2v) is 7.60. The van der Waals surface area contributed by atoms with Gasteiger partial charge in [-0.2, -0.15) is 0 Å². The first-order valence-electron chi connectivity index (χ1n) is 8.55. The zero-order chi connectivity index (χ0) is 16.7. The first-order valence-corrected chi connectivity index (χ1v) is 9.43. The number of rotatable bonds is 5. The van der Waals surface area contributed by atoms with Gasteiger partial charge in [-0.15, -0.1) is 0 Å². The van der Waals surface area contributed by atoms with Gasteiger partial charge in [0.05, 0.1) is 13.2 Å². The first kappa shape index (κ1) is 18.5. The van der Waals surface area contributed by atoms with Gasteiger partial charge in [0.2, 0.25) is 0 Å². The number of hydrogen-bond donors (Lipinski definition) is 1. The van der Waals surface area contributed by atoms with Crippen LogP contribution in [0.25, 0.3) is 0 Å². The van der Waals surface area contributed by atoms with Crippen LogP contribution in [0.2, 0.25) is 0 Å². The van der Waals surface area contributed by atoms with Gasteiger partial charge in [0.25, 0.3) is 0 Å². The number of carbonyl (C=O) groups excluding carboxylic acids is 2. The highest BCUT2D eigenvalue weighted by Gasteiger charge is 2.24. The summed E-state index contributed by atoms with van der Waals surface area (Å²) in [5.74, 6) is 0.428. The number of likely N-dealkylation sites (tertiary alicyclic amines) is 1. The molecule has 130 valence electrons. The molecule has 6 heteroatoms. The number of carbonyl (C=O) groups is 2. The Labute approximate surface area is 143 Å². The summed E-state index contributed by atoms with van der Waals surface area (Å²) in [6, 6.07) is 0. The molecule has 1 unspecified atom stereocenters. The Morgan fingerprint density at radius 1 is 1.35 bits per heavy atom. The third kappa shape index (κ3) is 6.28. The van der Waals surface area contributed by atoms with Crippen LogP contribution >= 0.6 is 11.8 Å². The Morgan fingerprint density at radius 3 is 2.74 bits per heavy atom. The molecule has 2 fully saturated rings. The Kier molecular flexibility index (Phi) is 7.59. The highest BCUT2D eigenvalue weighted by Crippen LogP contribution is 2.28. The number of piperidine rings is 2. The fraction of sp³-hybridized carbons (Fsp3) is 0.765. The summed E-state index contributed by atoms with van der Waals surface area (Å²) in [4.78, 5) is 25.1. The fourth-order valence-electron chi connectivity index (χ4n) is 3.24. The molecule has 2 rings (SSSR count). The van der Waals surface area contributed by atoms with Crippen LogP contribution in [0, 0.1) is 5.92 Å². The van der Waals surface area contributed by atoms with Crippen molar-refractivity contribution >= 4 is 22.8 Å². The molecule has 2 aliphatic rings. The normalized spacial score (nSPS) is 25.5. The van der Waals surface area contributed by atoms with Crippen LogP contribution < -0.4 is 5.32 Å². The van der Waals surface area contributed by atoms with E-state index >= 15 is 0 Å². The summed E-state index contributed by atoms with van der Waals surface area (Å²) >= 11 is 1.47. The van der Waals surface area contributed by atoms with Gasteiger partial charge in [0.15, 0.2) is 5.12 Å². The number of hydrogen-bond acceptors (Lipinski definition) is 6. The fourth-order valence-corrected chi connectivity index (χ4v) is 4.19. The second kappa shape index (κ2) is 9.45. The van der Waals surface area contributed by atoms with E-state index < -0.39 is 0 Å². The van der Waals surface area contributed by atoms with E-state index in [2.05, 4.69) is 16.3 Å². The molecule has 0 saturated carbocycles. The molecule has 1 atom stereocenters. The molecule has 0 amide bonds. The SMILES string of the molecule is CCOC(=O)CN1CCC(C=C2CNCCC2SC(C)=O)CC1. The number of thioether (sulfide) groups is 1. The predicted molar refractivity (Wildman–Crippen MR) is 93.4 cm³/mol. The lowest BCUT2D eigenvalue weighted by molar-refractivity contribution is -0.144. The lowest BCUT2D eigenvalue weighted by Gasteiger charge is -2.32. The molecule has 0 aromatic rings. The van der Waals surface area contributed by atoms with E-state index in [4.69, 9.17) is 4.74 Å². The molecule has 23 heavy (non-hydrogen) atoms. The predicted octanol–water partition coefficient (Wildman–Crippen LogP) is 1.83. The Hall–Kier alpha value is -0.850. The van der Waals surface area contributed by atoms with Crippen molar-refractivity contribution in [3.05, 3.63) is 11.6 Å². The van der Waals surface area contributed by atoms with Crippen molar-refractivity contribution in [2.24, 2.45) is 5.92 Å². The number of nitrogens with one attached hydrogen (secondary N) is 1. The maximum absolute atomic E-state index is 11.5. The summed E-state index contributed by atoms with van der Waals surface area (Å²) in [6.45, 7) is 8.10. The molecule has 0 spiro atoms. The molecule has 2 heterocycles. The topological polar surface area (TPSA) is 58.6 Å². The maximum Gasteiger partial charge on any atom is 0.320 e. The van der Waals surface area contributed by atoms with Crippen LogP contribution in [-0.2, 0) is 14.3 Å². The largest absolute Gasteiger partial charge is 0.465 e. The summed E-state index contributed by atoms with van der Waals surface area (Å²) in [6.07, 6.45) is 5.55. The van der Waals surface area contributed by atoms with Crippen LogP contribution in [-0.4, -0.2) is 60.6 Å². The molecule has 2 aliphatic heterocycles. The average Bonchev–Trinajstić information content (AvgIpc) is 2.51. The van der Waals surface area contributed by atoms with E-state index in [0.717, 1.165) is 45.4 Å². The molecule has 0 bridgehead atoms. The smallest absolute Gasteiger partial charge is 0.320 e. The second-order valence-electron chi connectivity index (χ2n) is 6.22. The molecule has 2 saturated heterocycles. The number of ether oxygens (including phenoxy) is 1. The monoisotopic (exact) mass is 340 g/mol. The summed E-state index contributed by atoms with van der Waals surface area (Å²) in [7, 11) is 0. The molecule has 1 N–H and O–H groups in total. The van der Waals surface area contributed by atoms with E-state index in [9.17, 15) is 9.59 Å². The van der Waals surface area contributed by atoms with Gasteiger partial charge in [-0.1, -0.05) is 17.8 Å². The Morgan fingerprint density at radius 2 is 2.09 bits per heavy atom. The number of allylic oxidation sites excluding steroid dienone is 1. The molecule has 0 radical (unpaired) electrons. The van der Waals surface area contributed by atoms with Crippen LogP contribution in [0.1, 0.15) is 33.1 Å². The van der Waals surface area contributed by atoms with E-state index in [1.807, 2.05) is 6.92 Å². The third-order valence-corrected chi connectivity index (χ3v) is 5.53. The van der Waals surface area contributed by atoms with Crippen molar-refractivity contribution < 1.29 is 14.3 Å². The Bertz CT molecular complexity index is 445. The lowest BCUT2D eigenvalue weighted by atomic mass is 9.92. The summed E-state index contributed by atoms with van der Waals surface area (Å²) < 4.78 is 5.01. The number of esters is 1. The van der Waals surface area contributed by atoms with Crippen LogP contribution in [0.4, 0.5) is 0 Å². The number of nitrogens with zero attached hydrogens (tertiary/aromatic N) is 1. The van der Waals surface area contributed by atoms with Crippen molar-refractivity contribution in [1.82, 2.24) is 10.2 Å². The minimum absolute atomic E-state index is 0.126. The van der Waals surface area contributed by atoms with Gasteiger partial charge in [-0.3, -0.25) is 14.5 Å². The van der Waals surface area contributed by atoms with Crippen molar-refractivity contribution in [3.8, 4) is 0 Å². The van der Waals surface area contributed by atoms with Crippen molar-refractivity contribution in [1.29, 1.82) is 0 Å². The minimum atomic E-state index is -0.126. The summed E-state index contributed by atoms with van der Waals surface area (Å²) in [5, 5.41) is 3.95. The molecule has 0 aromatic heterocycles. The molecule has 0 aromatic carbocycles. The van der Waals surface area contributed by atoms with Crippen LogP contribution in [0.3, 0.4) is 0 Å². The maximum atomic E-state index is 11.5. The van der Waals surface area contributed by atoms with E-state index in [1.54, 1.807) is 6.92 Å². The third-order valence-electron chi connectivity index (χ3n) is 4.37. The average molecular weight is 340 g/mol. The molecule has 5 nitrogen and oxygen atoms in total. The molecular weight excluding hydrogens is 312 g/mol. The van der Waals surface area contributed by atoms with E-state index in [1.165, 1.54) is 17.3 Å². The van der Waals surface area contributed by atoms with Gasteiger partial charge in [0.1, 0.15) is 0 Å². The zero-order valence-corrected chi connectivity index (χ0v) is 15.0. The highest BCUT2D eigenvalue weighted by atomic mass is 32.2. The van der Waals surface area contributed by atoms with Gasteiger partial charge >= 0.3 is 5.97 Å². The van der Waals surface area contributed by atoms with Crippen molar-refractivity contribution in [2.45, 2.75) is 38.4 Å². The van der Waals surface area contributed by atoms with Crippen LogP contribution in [0.15, 0.2) is 11.6 Å². The summed E-state index contributed by atoms with van der Waals surface area (Å²) in [5.41, 5.74) is 1.38. The highest BCUT2D eigenvalue weighted by molar-refractivity contribution is 8.14. The van der Waals surface area contributed by atoms with Crippen molar-refractivity contribution in [3.63, 3.8) is 0 Å². The molecular formula is C17H28N2O3S. The van der Waals surface area contributed by atoms with E-state index in [-0.39, 0.29) is 11.1 Å². The zero-order valence-electron chi connectivity index (χ0n) is 14.2.